The Labute approximate surface area is 188 Å². The van der Waals surface area contributed by atoms with Gasteiger partial charge in [-0.15, -0.1) is 0 Å². The number of para-hydroxylation sites is 1. The Hall–Kier alpha value is -2.73. The Balaban J connectivity index is 1.93. The summed E-state index contributed by atoms with van der Waals surface area (Å²) in [4.78, 5) is 28.0. The summed E-state index contributed by atoms with van der Waals surface area (Å²) in [6, 6.07) is 12.4. The number of amides is 2. The average Bonchev–Trinajstić information content (AvgIpc) is 3.22. The number of carbonyl (C=O) groups excluding carboxylic acids is 2. The first-order chi connectivity index (χ1) is 14.8. The van der Waals surface area contributed by atoms with Crippen LogP contribution in [0.2, 0.25) is 5.02 Å². The van der Waals surface area contributed by atoms with Crippen LogP contribution in [-0.4, -0.2) is 50.6 Å². The molecule has 0 aliphatic carbocycles. The van der Waals surface area contributed by atoms with E-state index in [0.29, 0.717) is 47.6 Å². The maximum absolute atomic E-state index is 13.1. The highest BCUT2D eigenvalue weighted by Gasteiger charge is 2.42. The van der Waals surface area contributed by atoms with Gasteiger partial charge in [-0.25, -0.2) is 0 Å². The van der Waals surface area contributed by atoms with E-state index in [9.17, 15) is 9.59 Å². The first-order valence-electron chi connectivity index (χ1n) is 10.4. The Kier molecular flexibility index (Phi) is 7.44. The first kappa shape index (κ1) is 22.9. The maximum atomic E-state index is 13.1. The molecule has 1 aliphatic rings. The van der Waals surface area contributed by atoms with Gasteiger partial charge in [0.1, 0.15) is 0 Å². The second-order valence-corrected chi connectivity index (χ2v) is 8.59. The van der Waals surface area contributed by atoms with Gasteiger partial charge in [-0.05, 0) is 36.2 Å². The number of hydrogen-bond donors (Lipinski definition) is 1. The van der Waals surface area contributed by atoms with Crippen LogP contribution in [0, 0.1) is 11.8 Å². The molecule has 0 aromatic heterocycles. The van der Waals surface area contributed by atoms with E-state index in [4.69, 9.17) is 21.1 Å². The van der Waals surface area contributed by atoms with Crippen LogP contribution in [0.4, 0.5) is 0 Å². The van der Waals surface area contributed by atoms with Crippen LogP contribution >= 0.6 is 11.6 Å². The number of nitrogens with one attached hydrogen (secondary N) is 1. The zero-order chi connectivity index (χ0) is 22.5. The average molecular weight is 445 g/mol. The molecule has 31 heavy (non-hydrogen) atoms. The predicted octanol–water partition coefficient (Wildman–Crippen LogP) is 3.99. The van der Waals surface area contributed by atoms with E-state index in [1.807, 2.05) is 32.0 Å². The van der Waals surface area contributed by atoms with E-state index in [0.717, 1.165) is 5.56 Å². The second kappa shape index (κ2) is 10.1. The molecule has 2 aromatic rings. The molecule has 1 N–H and O–H groups in total. The number of likely N-dealkylation sites (tertiary alicyclic amines) is 1. The molecule has 2 aromatic carbocycles. The van der Waals surface area contributed by atoms with Gasteiger partial charge in [0, 0.05) is 41.7 Å². The monoisotopic (exact) mass is 444 g/mol. The zero-order valence-electron chi connectivity index (χ0n) is 18.4. The molecule has 1 heterocycles. The van der Waals surface area contributed by atoms with Gasteiger partial charge in [0.25, 0.3) is 5.91 Å². The molecule has 1 fully saturated rings. The minimum atomic E-state index is -0.393. The van der Waals surface area contributed by atoms with E-state index in [-0.39, 0.29) is 17.7 Å². The summed E-state index contributed by atoms with van der Waals surface area (Å²) in [6.45, 7) is 5.42. The van der Waals surface area contributed by atoms with Crippen LogP contribution < -0.4 is 14.8 Å². The smallest absolute Gasteiger partial charge is 0.253 e. The minimum absolute atomic E-state index is 0.0602. The lowest BCUT2D eigenvalue weighted by atomic mass is 9.87. The fourth-order valence-corrected chi connectivity index (χ4v) is 4.09. The standard InChI is InChI=1S/C24H29ClN2O4/c1-15(2)12-26-23(28)20-14-27(24(29)16-8-10-17(25)11-9-16)13-19(20)18-6-5-7-21(30-3)22(18)31-4/h5-11,15,19-20H,12-14H2,1-4H3,(H,26,28)/t19-,20+/m0/s1. The molecule has 1 saturated heterocycles. The number of halogens is 1. The molecule has 0 bridgehead atoms. The van der Waals surface area contributed by atoms with Crippen molar-refractivity contribution in [1.82, 2.24) is 10.2 Å². The number of carbonyl (C=O) groups is 2. The number of rotatable bonds is 7. The van der Waals surface area contributed by atoms with Crippen molar-refractivity contribution in [2.75, 3.05) is 33.9 Å². The number of nitrogens with zero attached hydrogens (tertiary/aromatic N) is 1. The molecule has 0 unspecified atom stereocenters. The van der Waals surface area contributed by atoms with Crippen molar-refractivity contribution in [3.05, 3.63) is 58.6 Å². The van der Waals surface area contributed by atoms with Crippen molar-refractivity contribution < 1.29 is 19.1 Å². The van der Waals surface area contributed by atoms with Crippen LogP contribution in [0.1, 0.15) is 35.7 Å². The molecule has 2 atom stereocenters. The van der Waals surface area contributed by atoms with Crippen molar-refractivity contribution in [2.24, 2.45) is 11.8 Å². The van der Waals surface area contributed by atoms with Gasteiger partial charge < -0.3 is 19.7 Å². The van der Waals surface area contributed by atoms with Gasteiger partial charge in [0.15, 0.2) is 11.5 Å². The molecule has 0 radical (unpaired) electrons. The van der Waals surface area contributed by atoms with Crippen LogP contribution in [0.5, 0.6) is 11.5 Å². The molecular weight excluding hydrogens is 416 g/mol. The van der Waals surface area contributed by atoms with Crippen LogP contribution in [0.15, 0.2) is 42.5 Å². The predicted molar refractivity (Wildman–Crippen MR) is 121 cm³/mol. The van der Waals surface area contributed by atoms with Gasteiger partial charge in [0.2, 0.25) is 5.91 Å². The SMILES string of the molecule is COc1cccc([C@@H]2CN(C(=O)c3ccc(Cl)cc3)C[C@H]2C(=O)NCC(C)C)c1OC. The minimum Gasteiger partial charge on any atom is -0.493 e. The summed E-state index contributed by atoms with van der Waals surface area (Å²) in [6.07, 6.45) is 0. The lowest BCUT2D eigenvalue weighted by molar-refractivity contribution is -0.125. The molecular formula is C24H29ClN2O4. The van der Waals surface area contributed by atoms with Crippen molar-refractivity contribution in [3.63, 3.8) is 0 Å². The lowest BCUT2D eigenvalue weighted by Crippen LogP contribution is -2.37. The van der Waals surface area contributed by atoms with E-state index >= 15 is 0 Å². The Morgan fingerprint density at radius 2 is 1.81 bits per heavy atom. The van der Waals surface area contributed by atoms with Gasteiger partial charge in [0.05, 0.1) is 20.1 Å². The Morgan fingerprint density at radius 1 is 1.10 bits per heavy atom. The second-order valence-electron chi connectivity index (χ2n) is 8.15. The number of methoxy groups -OCH3 is 2. The summed E-state index contributed by atoms with van der Waals surface area (Å²) in [5.74, 6) is 0.741. The zero-order valence-corrected chi connectivity index (χ0v) is 19.1. The van der Waals surface area contributed by atoms with E-state index in [1.165, 1.54) is 0 Å². The third kappa shape index (κ3) is 5.13. The molecule has 0 spiro atoms. The fourth-order valence-electron chi connectivity index (χ4n) is 3.97. The number of ether oxygens (including phenoxy) is 2. The summed E-state index contributed by atoms with van der Waals surface area (Å²) >= 11 is 5.96. The van der Waals surface area contributed by atoms with Gasteiger partial charge in [-0.1, -0.05) is 37.6 Å². The maximum Gasteiger partial charge on any atom is 0.253 e. The fraction of sp³-hybridized carbons (Fsp3) is 0.417. The van der Waals surface area contributed by atoms with Crippen molar-refractivity contribution in [1.29, 1.82) is 0 Å². The van der Waals surface area contributed by atoms with Crippen molar-refractivity contribution in [3.8, 4) is 11.5 Å². The lowest BCUT2D eigenvalue weighted by Gasteiger charge is -2.22. The molecule has 3 rings (SSSR count). The van der Waals surface area contributed by atoms with Crippen LogP contribution in [-0.2, 0) is 4.79 Å². The highest BCUT2D eigenvalue weighted by Crippen LogP contribution is 2.42. The first-order valence-corrected chi connectivity index (χ1v) is 10.8. The quantitative estimate of drug-likeness (QED) is 0.701. The highest BCUT2D eigenvalue weighted by molar-refractivity contribution is 6.30. The normalized spacial score (nSPS) is 18.2. The van der Waals surface area contributed by atoms with Crippen LogP contribution in [0.25, 0.3) is 0 Å². The Morgan fingerprint density at radius 3 is 2.42 bits per heavy atom. The highest BCUT2D eigenvalue weighted by atomic mass is 35.5. The largest absolute Gasteiger partial charge is 0.493 e. The van der Waals surface area contributed by atoms with Crippen LogP contribution in [0.3, 0.4) is 0 Å². The third-order valence-electron chi connectivity index (χ3n) is 5.55. The number of benzene rings is 2. The van der Waals surface area contributed by atoms with Gasteiger partial charge >= 0.3 is 0 Å². The summed E-state index contributed by atoms with van der Waals surface area (Å²) in [5, 5.41) is 3.60. The molecule has 6 nitrogen and oxygen atoms in total. The third-order valence-corrected chi connectivity index (χ3v) is 5.80. The van der Waals surface area contributed by atoms with Crippen molar-refractivity contribution in [2.45, 2.75) is 19.8 Å². The molecule has 2 amide bonds. The summed E-state index contributed by atoms with van der Waals surface area (Å²) < 4.78 is 11.1. The topological polar surface area (TPSA) is 67.9 Å². The molecule has 1 aliphatic heterocycles. The summed E-state index contributed by atoms with van der Waals surface area (Å²) in [7, 11) is 3.17. The van der Waals surface area contributed by atoms with Crippen molar-refractivity contribution >= 4 is 23.4 Å². The molecule has 0 saturated carbocycles. The van der Waals surface area contributed by atoms with E-state index in [1.54, 1.807) is 43.4 Å². The van der Waals surface area contributed by atoms with E-state index < -0.39 is 5.92 Å². The molecule has 7 heteroatoms. The number of hydrogen-bond acceptors (Lipinski definition) is 4. The van der Waals surface area contributed by atoms with E-state index in [2.05, 4.69) is 5.32 Å². The molecule has 166 valence electrons. The summed E-state index contributed by atoms with van der Waals surface area (Å²) in [5.41, 5.74) is 1.40. The Bertz CT molecular complexity index is 930. The van der Waals surface area contributed by atoms with Gasteiger partial charge in [-0.3, -0.25) is 9.59 Å². The van der Waals surface area contributed by atoms with Gasteiger partial charge in [-0.2, -0.15) is 0 Å².